The molecule has 1 aliphatic heterocycles. The van der Waals surface area contributed by atoms with E-state index >= 15 is 0 Å². The van der Waals surface area contributed by atoms with Gasteiger partial charge in [0.05, 0.1) is 0 Å². The van der Waals surface area contributed by atoms with Crippen molar-refractivity contribution in [3.8, 4) is 0 Å². The zero-order chi connectivity index (χ0) is 8.55. The number of oxazole rings is 1. The van der Waals surface area contributed by atoms with Gasteiger partial charge in [-0.1, -0.05) is 6.92 Å². The highest BCUT2D eigenvalue weighted by Gasteiger charge is 2.28. The van der Waals surface area contributed by atoms with E-state index in [9.17, 15) is 4.79 Å². The number of hydrogen-bond donors (Lipinski definition) is 0. The highest BCUT2D eigenvalue weighted by atomic mass is 16.3. The van der Waals surface area contributed by atoms with Crippen molar-refractivity contribution in [3.05, 3.63) is 18.4 Å². The van der Waals surface area contributed by atoms with Crippen LogP contribution in [0, 0.1) is 5.92 Å². The van der Waals surface area contributed by atoms with Crippen LogP contribution in [0.1, 0.15) is 17.4 Å². The van der Waals surface area contributed by atoms with Gasteiger partial charge in [0.1, 0.15) is 6.26 Å². The Morgan fingerprint density at radius 2 is 2.50 bits per heavy atom. The van der Waals surface area contributed by atoms with Crippen molar-refractivity contribution in [2.75, 3.05) is 13.1 Å². The Morgan fingerprint density at radius 3 is 3.00 bits per heavy atom. The van der Waals surface area contributed by atoms with Crippen LogP contribution in [0.15, 0.2) is 17.1 Å². The van der Waals surface area contributed by atoms with Gasteiger partial charge in [0.15, 0.2) is 12.1 Å². The van der Waals surface area contributed by atoms with Crippen molar-refractivity contribution < 1.29 is 9.21 Å². The molecule has 0 spiro atoms. The molecule has 0 saturated carbocycles. The van der Waals surface area contributed by atoms with Crippen LogP contribution in [-0.4, -0.2) is 28.9 Å². The smallest absolute Gasteiger partial charge is 0.275 e. The summed E-state index contributed by atoms with van der Waals surface area (Å²) in [7, 11) is 0. The second-order valence-corrected chi connectivity index (χ2v) is 3.19. The molecular formula is C8H10N2O2. The van der Waals surface area contributed by atoms with Gasteiger partial charge >= 0.3 is 0 Å². The average Bonchev–Trinajstić information content (AvgIpc) is 2.49. The first-order valence-corrected chi connectivity index (χ1v) is 3.95. The van der Waals surface area contributed by atoms with E-state index < -0.39 is 0 Å². The minimum absolute atomic E-state index is 0.0261. The van der Waals surface area contributed by atoms with E-state index in [1.54, 1.807) is 4.90 Å². The number of hydrogen-bond acceptors (Lipinski definition) is 3. The molecule has 0 radical (unpaired) electrons. The maximum Gasteiger partial charge on any atom is 0.275 e. The first-order chi connectivity index (χ1) is 5.77. The molecule has 1 aromatic heterocycles. The zero-order valence-corrected chi connectivity index (χ0v) is 6.86. The molecule has 1 fully saturated rings. The summed E-state index contributed by atoms with van der Waals surface area (Å²) in [6.07, 6.45) is 2.65. The number of rotatable bonds is 1. The lowest BCUT2D eigenvalue weighted by atomic mass is 10.0. The summed E-state index contributed by atoms with van der Waals surface area (Å²) in [5.74, 6) is 0.600. The molecule has 0 N–H and O–H groups in total. The molecule has 0 atom stereocenters. The summed E-state index contributed by atoms with van der Waals surface area (Å²) < 4.78 is 4.72. The van der Waals surface area contributed by atoms with E-state index in [2.05, 4.69) is 11.9 Å². The Balaban J connectivity index is 2.03. The molecule has 2 heterocycles. The quantitative estimate of drug-likeness (QED) is 0.619. The molecule has 0 unspecified atom stereocenters. The molecule has 4 heteroatoms. The summed E-state index contributed by atoms with van der Waals surface area (Å²) in [5, 5.41) is 0. The van der Waals surface area contributed by atoms with E-state index in [0.717, 1.165) is 13.1 Å². The largest absolute Gasteiger partial charge is 0.451 e. The van der Waals surface area contributed by atoms with Crippen LogP contribution < -0.4 is 0 Å². The predicted octanol–water partition coefficient (Wildman–Crippen LogP) is 0.766. The first-order valence-electron chi connectivity index (χ1n) is 3.95. The second-order valence-electron chi connectivity index (χ2n) is 3.19. The number of carbonyl (C=O) groups excluding carboxylic acids is 1. The SMILES string of the molecule is CC1CN(C(=O)c2cocn2)C1. The Kier molecular flexibility index (Phi) is 1.60. The third-order valence-electron chi connectivity index (χ3n) is 2.00. The van der Waals surface area contributed by atoms with Crippen molar-refractivity contribution in [2.24, 2.45) is 5.92 Å². The number of aromatic nitrogens is 1. The maximum atomic E-state index is 11.4. The third-order valence-corrected chi connectivity index (χ3v) is 2.00. The van der Waals surface area contributed by atoms with Crippen LogP contribution in [0.3, 0.4) is 0 Å². The Bertz CT molecular complexity index is 275. The number of amides is 1. The third kappa shape index (κ3) is 1.09. The van der Waals surface area contributed by atoms with E-state index in [4.69, 9.17) is 4.42 Å². The summed E-state index contributed by atoms with van der Waals surface area (Å²) in [5.41, 5.74) is 0.405. The van der Waals surface area contributed by atoms with Crippen molar-refractivity contribution in [3.63, 3.8) is 0 Å². The molecule has 12 heavy (non-hydrogen) atoms. The van der Waals surface area contributed by atoms with Gasteiger partial charge in [-0.05, 0) is 5.92 Å². The number of nitrogens with zero attached hydrogens (tertiary/aromatic N) is 2. The Labute approximate surface area is 70.2 Å². The zero-order valence-electron chi connectivity index (χ0n) is 6.86. The van der Waals surface area contributed by atoms with Gasteiger partial charge < -0.3 is 9.32 Å². The fourth-order valence-corrected chi connectivity index (χ4v) is 1.34. The molecule has 1 saturated heterocycles. The molecule has 2 rings (SSSR count). The highest BCUT2D eigenvalue weighted by Crippen LogP contribution is 2.16. The van der Waals surface area contributed by atoms with Gasteiger partial charge in [-0.25, -0.2) is 4.98 Å². The van der Waals surface area contributed by atoms with Crippen LogP contribution in [0.2, 0.25) is 0 Å². The van der Waals surface area contributed by atoms with Gasteiger partial charge in [-0.15, -0.1) is 0 Å². The highest BCUT2D eigenvalue weighted by molar-refractivity contribution is 5.92. The van der Waals surface area contributed by atoms with Crippen molar-refractivity contribution in [1.29, 1.82) is 0 Å². The van der Waals surface area contributed by atoms with E-state index in [1.807, 2.05) is 0 Å². The van der Waals surface area contributed by atoms with Crippen molar-refractivity contribution in [1.82, 2.24) is 9.88 Å². The molecule has 0 bridgehead atoms. The molecule has 1 amide bonds. The fourth-order valence-electron chi connectivity index (χ4n) is 1.34. The molecule has 1 aliphatic rings. The fraction of sp³-hybridized carbons (Fsp3) is 0.500. The maximum absolute atomic E-state index is 11.4. The van der Waals surface area contributed by atoms with Crippen LogP contribution >= 0.6 is 0 Å². The van der Waals surface area contributed by atoms with E-state index in [-0.39, 0.29) is 5.91 Å². The second kappa shape index (κ2) is 2.62. The summed E-state index contributed by atoms with van der Waals surface area (Å²) in [4.78, 5) is 17.0. The summed E-state index contributed by atoms with van der Waals surface area (Å²) in [6, 6.07) is 0. The predicted molar refractivity (Wildman–Crippen MR) is 41.6 cm³/mol. The molecular weight excluding hydrogens is 156 g/mol. The molecule has 0 aliphatic carbocycles. The number of carbonyl (C=O) groups is 1. The Hall–Kier alpha value is -1.32. The van der Waals surface area contributed by atoms with Gasteiger partial charge in [0.2, 0.25) is 0 Å². The molecule has 1 aromatic rings. The van der Waals surface area contributed by atoms with Crippen LogP contribution in [-0.2, 0) is 0 Å². The standard InChI is InChI=1S/C8H10N2O2/c1-6-2-10(3-6)8(11)7-4-12-5-9-7/h4-6H,2-3H2,1H3. The van der Waals surface area contributed by atoms with Crippen molar-refractivity contribution >= 4 is 5.91 Å². The van der Waals surface area contributed by atoms with Crippen LogP contribution in [0.4, 0.5) is 0 Å². The lowest BCUT2D eigenvalue weighted by Gasteiger charge is -2.36. The molecule has 64 valence electrons. The van der Waals surface area contributed by atoms with E-state index in [1.165, 1.54) is 12.7 Å². The first kappa shape index (κ1) is 7.34. The van der Waals surface area contributed by atoms with Crippen molar-refractivity contribution in [2.45, 2.75) is 6.92 Å². The normalized spacial score (nSPS) is 17.6. The van der Waals surface area contributed by atoms with Crippen LogP contribution in [0.25, 0.3) is 0 Å². The van der Waals surface area contributed by atoms with Gasteiger partial charge in [-0.3, -0.25) is 4.79 Å². The monoisotopic (exact) mass is 166 g/mol. The molecule has 0 aromatic carbocycles. The topological polar surface area (TPSA) is 46.3 Å². The Morgan fingerprint density at radius 1 is 1.75 bits per heavy atom. The molecule has 4 nitrogen and oxygen atoms in total. The van der Waals surface area contributed by atoms with Gasteiger partial charge in [0, 0.05) is 13.1 Å². The van der Waals surface area contributed by atoms with Crippen LogP contribution in [0.5, 0.6) is 0 Å². The lowest BCUT2D eigenvalue weighted by molar-refractivity contribution is 0.0524. The summed E-state index contributed by atoms with van der Waals surface area (Å²) >= 11 is 0. The average molecular weight is 166 g/mol. The van der Waals surface area contributed by atoms with Gasteiger partial charge in [-0.2, -0.15) is 0 Å². The minimum Gasteiger partial charge on any atom is -0.451 e. The minimum atomic E-state index is -0.0261. The lowest BCUT2D eigenvalue weighted by Crippen LogP contribution is -2.48. The summed E-state index contributed by atoms with van der Waals surface area (Å²) in [6.45, 7) is 3.80. The van der Waals surface area contributed by atoms with E-state index in [0.29, 0.717) is 11.6 Å². The van der Waals surface area contributed by atoms with Gasteiger partial charge in [0.25, 0.3) is 5.91 Å². The number of likely N-dealkylation sites (tertiary alicyclic amines) is 1.